The molecule has 0 heterocycles. The van der Waals surface area contributed by atoms with Crippen LogP contribution in [0.5, 0.6) is 0 Å². The minimum Gasteiger partial charge on any atom is -0.210 e. The second-order valence-electron chi connectivity index (χ2n) is 2.76. The molecule has 9 heavy (non-hydrogen) atoms. The van der Waals surface area contributed by atoms with Crippen LogP contribution in [0, 0.1) is 17.4 Å². The Morgan fingerprint density at radius 1 is 1.22 bits per heavy atom. The molecule has 2 unspecified atom stereocenters. The van der Waals surface area contributed by atoms with E-state index >= 15 is 0 Å². The van der Waals surface area contributed by atoms with Crippen LogP contribution in [-0.2, 0) is 0 Å². The Morgan fingerprint density at radius 2 is 1.67 bits per heavy atom. The van der Waals surface area contributed by atoms with E-state index in [2.05, 4.69) is 19.0 Å². The third-order valence-corrected chi connectivity index (χ3v) is 2.38. The molecule has 0 aromatic heterocycles. The lowest BCUT2D eigenvalue weighted by molar-refractivity contribution is 0.663. The van der Waals surface area contributed by atoms with Gasteiger partial charge in [0.2, 0.25) is 0 Å². The fourth-order valence-corrected chi connectivity index (χ4v) is 1.70. The minimum atomic E-state index is 0.389. The molecule has 52 valence electrons. The highest BCUT2D eigenvalue weighted by Crippen LogP contribution is 2.46. The zero-order valence-corrected chi connectivity index (χ0v) is 6.09. The number of hydrogen-bond donors (Lipinski definition) is 1. The Hall–Kier alpha value is -0.400. The van der Waals surface area contributed by atoms with Crippen molar-refractivity contribution in [2.45, 2.75) is 32.7 Å². The molecule has 2 atom stereocenters. The Balaban J connectivity index is 2.34. The molecule has 1 rings (SSSR count). The maximum absolute atomic E-state index is 6.81. The van der Waals surface area contributed by atoms with Crippen molar-refractivity contribution in [3.8, 4) is 0 Å². The zero-order valence-electron chi connectivity index (χ0n) is 6.09. The molecule has 1 fully saturated rings. The molecule has 0 aromatic rings. The summed E-state index contributed by atoms with van der Waals surface area (Å²) in [6.07, 6.45) is 2.40. The van der Waals surface area contributed by atoms with Crippen LogP contribution in [0.1, 0.15) is 26.7 Å². The standard InChI is InChI=1S/C7H14N2/c1-3-5-6(4-2)7(5)9-8/h5-8H,3-4H2,1-2H3. The fourth-order valence-electron chi connectivity index (χ4n) is 1.70. The molecule has 0 aliphatic heterocycles. The lowest BCUT2D eigenvalue weighted by atomic mass is 10.2. The molecule has 1 aliphatic carbocycles. The first-order chi connectivity index (χ1) is 4.35. The monoisotopic (exact) mass is 126 g/mol. The van der Waals surface area contributed by atoms with Crippen molar-refractivity contribution in [1.29, 1.82) is 5.53 Å². The molecular weight excluding hydrogens is 112 g/mol. The van der Waals surface area contributed by atoms with Gasteiger partial charge in [-0.2, -0.15) is 5.11 Å². The lowest BCUT2D eigenvalue weighted by Gasteiger charge is -1.83. The lowest BCUT2D eigenvalue weighted by Crippen LogP contribution is -1.77. The molecule has 2 heteroatoms. The van der Waals surface area contributed by atoms with Crippen molar-refractivity contribution in [2.75, 3.05) is 0 Å². The second kappa shape index (κ2) is 2.46. The average Bonchev–Trinajstić information content (AvgIpc) is 2.59. The van der Waals surface area contributed by atoms with Crippen molar-refractivity contribution < 1.29 is 0 Å². The molecule has 0 bridgehead atoms. The zero-order chi connectivity index (χ0) is 6.85. The Kier molecular flexibility index (Phi) is 1.84. The number of nitrogens with one attached hydrogen (secondary N) is 1. The first-order valence-electron chi connectivity index (χ1n) is 3.71. The van der Waals surface area contributed by atoms with Gasteiger partial charge in [-0.05, 0) is 11.8 Å². The largest absolute Gasteiger partial charge is 0.210 e. The normalized spacial score (nSPS) is 40.4. The molecular formula is C7H14N2. The Bertz CT molecular complexity index is 101. The van der Waals surface area contributed by atoms with Gasteiger partial charge in [0.1, 0.15) is 0 Å². The predicted molar refractivity (Wildman–Crippen MR) is 36.5 cm³/mol. The van der Waals surface area contributed by atoms with Gasteiger partial charge in [-0.1, -0.05) is 26.7 Å². The summed E-state index contributed by atoms with van der Waals surface area (Å²) in [5.74, 6) is 1.49. The smallest absolute Gasteiger partial charge is 0.0768 e. The van der Waals surface area contributed by atoms with Gasteiger partial charge in [-0.3, -0.25) is 0 Å². The van der Waals surface area contributed by atoms with Crippen LogP contribution in [0.15, 0.2) is 5.11 Å². The highest BCUT2D eigenvalue weighted by atomic mass is 15.0. The van der Waals surface area contributed by atoms with Crippen LogP contribution in [0.2, 0.25) is 0 Å². The topological polar surface area (TPSA) is 36.2 Å². The van der Waals surface area contributed by atoms with Crippen LogP contribution in [0.4, 0.5) is 0 Å². The van der Waals surface area contributed by atoms with Crippen LogP contribution in [0.25, 0.3) is 0 Å². The third-order valence-electron chi connectivity index (χ3n) is 2.38. The first-order valence-corrected chi connectivity index (χ1v) is 3.71. The van der Waals surface area contributed by atoms with Gasteiger partial charge in [-0.15, -0.1) is 0 Å². The summed E-state index contributed by atoms with van der Waals surface area (Å²) < 4.78 is 0. The number of nitrogens with zero attached hydrogens (tertiary/aromatic N) is 1. The van der Waals surface area contributed by atoms with Gasteiger partial charge >= 0.3 is 0 Å². The quantitative estimate of drug-likeness (QED) is 0.564. The van der Waals surface area contributed by atoms with Crippen LogP contribution in [-0.4, -0.2) is 6.04 Å². The highest BCUT2D eigenvalue weighted by Gasteiger charge is 2.47. The van der Waals surface area contributed by atoms with Gasteiger partial charge < -0.3 is 0 Å². The molecule has 2 nitrogen and oxygen atoms in total. The summed E-state index contributed by atoms with van der Waals surface area (Å²) in [6, 6.07) is 0.389. The van der Waals surface area contributed by atoms with E-state index in [0.29, 0.717) is 6.04 Å². The molecule has 0 spiro atoms. The van der Waals surface area contributed by atoms with E-state index in [4.69, 9.17) is 5.53 Å². The maximum atomic E-state index is 6.81. The summed E-state index contributed by atoms with van der Waals surface area (Å²) >= 11 is 0. The summed E-state index contributed by atoms with van der Waals surface area (Å²) in [7, 11) is 0. The van der Waals surface area contributed by atoms with Gasteiger partial charge in [-0.25, -0.2) is 5.53 Å². The Morgan fingerprint density at radius 3 is 1.78 bits per heavy atom. The molecule has 0 saturated heterocycles. The Labute approximate surface area is 56.2 Å². The van der Waals surface area contributed by atoms with Crippen LogP contribution < -0.4 is 0 Å². The van der Waals surface area contributed by atoms with E-state index in [1.54, 1.807) is 0 Å². The molecule has 0 radical (unpaired) electrons. The average molecular weight is 126 g/mol. The summed E-state index contributed by atoms with van der Waals surface area (Å²) in [5.41, 5.74) is 6.81. The summed E-state index contributed by atoms with van der Waals surface area (Å²) in [4.78, 5) is 0. The fraction of sp³-hybridized carbons (Fsp3) is 1.00. The highest BCUT2D eigenvalue weighted by molar-refractivity contribution is 5.00. The van der Waals surface area contributed by atoms with Crippen molar-refractivity contribution in [3.63, 3.8) is 0 Å². The molecule has 0 amide bonds. The van der Waals surface area contributed by atoms with Gasteiger partial charge in [0.15, 0.2) is 0 Å². The van der Waals surface area contributed by atoms with Gasteiger partial charge in [0.25, 0.3) is 0 Å². The number of rotatable bonds is 3. The summed E-state index contributed by atoms with van der Waals surface area (Å²) in [5, 5.41) is 3.55. The van der Waals surface area contributed by atoms with Crippen LogP contribution in [0.3, 0.4) is 0 Å². The molecule has 1 aliphatic rings. The third kappa shape index (κ3) is 0.979. The van der Waals surface area contributed by atoms with Gasteiger partial charge in [0.05, 0.1) is 6.04 Å². The van der Waals surface area contributed by atoms with E-state index in [-0.39, 0.29) is 0 Å². The maximum Gasteiger partial charge on any atom is 0.0768 e. The number of hydrogen-bond acceptors (Lipinski definition) is 2. The van der Waals surface area contributed by atoms with Crippen molar-refractivity contribution in [3.05, 3.63) is 0 Å². The predicted octanol–water partition coefficient (Wildman–Crippen LogP) is 2.45. The molecule has 1 N–H and O–H groups in total. The van der Waals surface area contributed by atoms with Crippen molar-refractivity contribution in [2.24, 2.45) is 17.0 Å². The van der Waals surface area contributed by atoms with Crippen molar-refractivity contribution in [1.82, 2.24) is 0 Å². The van der Waals surface area contributed by atoms with E-state index < -0.39 is 0 Å². The van der Waals surface area contributed by atoms with Crippen molar-refractivity contribution >= 4 is 0 Å². The van der Waals surface area contributed by atoms with Crippen LogP contribution >= 0.6 is 0 Å². The second-order valence-corrected chi connectivity index (χ2v) is 2.76. The SMILES string of the molecule is CCC1C(CC)C1N=N. The van der Waals surface area contributed by atoms with E-state index in [9.17, 15) is 0 Å². The van der Waals surface area contributed by atoms with E-state index in [1.165, 1.54) is 12.8 Å². The van der Waals surface area contributed by atoms with Gasteiger partial charge in [0, 0.05) is 0 Å². The minimum absolute atomic E-state index is 0.389. The summed E-state index contributed by atoms with van der Waals surface area (Å²) in [6.45, 7) is 4.36. The molecule has 0 aromatic carbocycles. The van der Waals surface area contributed by atoms with E-state index in [0.717, 1.165) is 11.8 Å². The van der Waals surface area contributed by atoms with E-state index in [1.807, 2.05) is 0 Å². The first kappa shape index (κ1) is 6.72. The molecule has 1 saturated carbocycles.